The molecule has 2 aromatic carbocycles. The average molecular weight is 397 g/mol. The van der Waals surface area contributed by atoms with Crippen molar-refractivity contribution in [2.24, 2.45) is 11.8 Å². The molecule has 0 aliphatic rings. The molecule has 0 atom stereocenters. The van der Waals surface area contributed by atoms with Gasteiger partial charge in [0.05, 0.1) is 5.92 Å². The minimum atomic E-state index is -0.237. The first-order valence-corrected chi connectivity index (χ1v) is 10.2. The van der Waals surface area contributed by atoms with E-state index in [4.69, 9.17) is 9.47 Å². The summed E-state index contributed by atoms with van der Waals surface area (Å²) in [7, 11) is 0. The summed E-state index contributed by atoms with van der Waals surface area (Å²) in [5.74, 6) is 0.773. The molecule has 0 saturated carbocycles. The maximum absolute atomic E-state index is 11.8. The van der Waals surface area contributed by atoms with E-state index in [-0.39, 0.29) is 23.8 Å². The van der Waals surface area contributed by atoms with E-state index in [0.29, 0.717) is 17.9 Å². The van der Waals surface area contributed by atoms with E-state index in [1.54, 1.807) is 11.3 Å². The number of thiophene rings is 1. The molecule has 5 heteroatoms. The molecule has 146 valence electrons. The summed E-state index contributed by atoms with van der Waals surface area (Å²) in [6.07, 6.45) is 0.405. The number of carbonyl (C=O) groups is 2. The number of rotatable bonds is 6. The van der Waals surface area contributed by atoms with Gasteiger partial charge in [-0.05, 0) is 65.4 Å². The van der Waals surface area contributed by atoms with Gasteiger partial charge in [0.25, 0.3) is 0 Å². The summed E-state index contributed by atoms with van der Waals surface area (Å²) in [6, 6.07) is 15.3. The molecule has 0 spiro atoms. The van der Waals surface area contributed by atoms with Crippen LogP contribution in [0.4, 0.5) is 0 Å². The van der Waals surface area contributed by atoms with Crippen LogP contribution in [0.2, 0.25) is 0 Å². The van der Waals surface area contributed by atoms with Gasteiger partial charge in [-0.15, -0.1) is 11.3 Å². The number of fused-ring (bicyclic) bond motifs is 1. The van der Waals surface area contributed by atoms with Crippen LogP contribution in [0.1, 0.15) is 34.1 Å². The molecule has 28 heavy (non-hydrogen) atoms. The fraction of sp³-hybridized carbons (Fsp3) is 0.304. The van der Waals surface area contributed by atoms with Gasteiger partial charge >= 0.3 is 11.9 Å². The number of ether oxygens (including phenoxy) is 2. The molecule has 0 fully saturated rings. The molecular formula is C23H24O4S. The molecule has 0 unspecified atom stereocenters. The van der Waals surface area contributed by atoms with Gasteiger partial charge < -0.3 is 9.47 Å². The second-order valence-electron chi connectivity index (χ2n) is 7.48. The molecule has 3 rings (SSSR count). The second kappa shape index (κ2) is 8.57. The van der Waals surface area contributed by atoms with Gasteiger partial charge in [-0.25, -0.2) is 0 Å². The molecule has 0 radical (unpaired) electrons. The van der Waals surface area contributed by atoms with Crippen LogP contribution in [0.3, 0.4) is 0 Å². The van der Waals surface area contributed by atoms with E-state index in [9.17, 15) is 9.59 Å². The summed E-state index contributed by atoms with van der Waals surface area (Å²) >= 11 is 1.63. The molecule has 0 amide bonds. The van der Waals surface area contributed by atoms with Crippen LogP contribution < -0.4 is 9.47 Å². The Labute approximate surface area is 169 Å². The lowest BCUT2D eigenvalue weighted by molar-refractivity contribution is -0.138. The van der Waals surface area contributed by atoms with Crippen LogP contribution in [0, 0.1) is 11.8 Å². The van der Waals surface area contributed by atoms with Crippen LogP contribution in [0.25, 0.3) is 20.5 Å². The molecule has 0 aliphatic heterocycles. The molecule has 0 N–H and O–H groups in total. The fourth-order valence-corrected chi connectivity index (χ4v) is 3.74. The fourth-order valence-electron chi connectivity index (χ4n) is 2.64. The van der Waals surface area contributed by atoms with E-state index >= 15 is 0 Å². The highest BCUT2D eigenvalue weighted by atomic mass is 32.1. The highest BCUT2D eigenvalue weighted by Gasteiger charge is 2.12. The zero-order chi connectivity index (χ0) is 20.3. The van der Waals surface area contributed by atoms with Crippen molar-refractivity contribution < 1.29 is 19.1 Å². The van der Waals surface area contributed by atoms with Crippen LogP contribution in [0.15, 0.2) is 48.5 Å². The van der Waals surface area contributed by atoms with Crippen molar-refractivity contribution in [3.05, 3.63) is 48.5 Å². The topological polar surface area (TPSA) is 52.6 Å². The normalized spacial score (nSPS) is 11.2. The summed E-state index contributed by atoms with van der Waals surface area (Å²) in [4.78, 5) is 24.7. The minimum absolute atomic E-state index is 0.164. The largest absolute Gasteiger partial charge is 0.427 e. The first kappa shape index (κ1) is 20.1. The minimum Gasteiger partial charge on any atom is -0.427 e. The standard InChI is InChI=1S/C23H24O4S/c1-14(2)11-22(24)26-18-8-5-16(6-9-18)20-12-17-7-10-19(13-21(17)28-20)27-23(25)15(3)4/h5-10,12-15H,11H2,1-4H3. The van der Waals surface area contributed by atoms with Gasteiger partial charge in [-0.3, -0.25) is 9.59 Å². The quantitative estimate of drug-likeness (QED) is 0.374. The van der Waals surface area contributed by atoms with E-state index in [2.05, 4.69) is 6.07 Å². The predicted octanol–water partition coefficient (Wildman–Crippen LogP) is 6.08. The molecule has 1 heterocycles. The monoisotopic (exact) mass is 396 g/mol. The van der Waals surface area contributed by atoms with Gasteiger partial charge in [-0.2, -0.15) is 0 Å². The lowest BCUT2D eigenvalue weighted by Crippen LogP contribution is -2.14. The average Bonchev–Trinajstić information content (AvgIpc) is 3.04. The Kier molecular flexibility index (Phi) is 6.15. The summed E-state index contributed by atoms with van der Waals surface area (Å²) in [5, 5.41) is 1.09. The Bertz CT molecular complexity index is 984. The highest BCUT2D eigenvalue weighted by molar-refractivity contribution is 7.22. The predicted molar refractivity (Wildman–Crippen MR) is 113 cm³/mol. The zero-order valence-electron chi connectivity index (χ0n) is 16.5. The van der Waals surface area contributed by atoms with Gasteiger partial charge in [0.2, 0.25) is 0 Å². The lowest BCUT2D eigenvalue weighted by atomic mass is 10.1. The van der Waals surface area contributed by atoms with Gasteiger partial charge in [0.15, 0.2) is 0 Å². The van der Waals surface area contributed by atoms with Gasteiger partial charge in [0, 0.05) is 16.0 Å². The molecule has 0 aliphatic carbocycles. The van der Waals surface area contributed by atoms with E-state index < -0.39 is 0 Å². The van der Waals surface area contributed by atoms with Crippen molar-refractivity contribution in [3.63, 3.8) is 0 Å². The third kappa shape index (κ3) is 4.98. The summed E-state index contributed by atoms with van der Waals surface area (Å²) in [5.41, 5.74) is 1.05. The van der Waals surface area contributed by atoms with Crippen LogP contribution in [0.5, 0.6) is 11.5 Å². The summed E-state index contributed by atoms with van der Waals surface area (Å²) < 4.78 is 11.8. The first-order chi connectivity index (χ1) is 13.3. The lowest BCUT2D eigenvalue weighted by Gasteiger charge is -2.06. The number of carbonyl (C=O) groups excluding carboxylic acids is 2. The molecule has 3 aromatic rings. The van der Waals surface area contributed by atoms with Crippen LogP contribution >= 0.6 is 11.3 Å². The molecule has 4 nitrogen and oxygen atoms in total. The van der Waals surface area contributed by atoms with Crippen molar-refractivity contribution in [3.8, 4) is 21.9 Å². The molecular weight excluding hydrogens is 372 g/mol. The Morgan fingerprint density at radius 2 is 1.57 bits per heavy atom. The summed E-state index contributed by atoms with van der Waals surface area (Å²) in [6.45, 7) is 7.60. The zero-order valence-corrected chi connectivity index (χ0v) is 17.3. The maximum Gasteiger partial charge on any atom is 0.313 e. The first-order valence-electron chi connectivity index (χ1n) is 9.38. The van der Waals surface area contributed by atoms with E-state index in [1.807, 2.05) is 70.2 Å². The third-order valence-corrected chi connectivity index (χ3v) is 5.27. The SMILES string of the molecule is CC(C)CC(=O)Oc1ccc(-c2cc3ccc(OC(=O)C(C)C)cc3s2)cc1. The number of benzene rings is 2. The van der Waals surface area contributed by atoms with Gasteiger partial charge in [0.1, 0.15) is 11.5 Å². The number of esters is 2. The highest BCUT2D eigenvalue weighted by Crippen LogP contribution is 2.36. The van der Waals surface area contributed by atoms with Crippen LogP contribution in [-0.4, -0.2) is 11.9 Å². The Morgan fingerprint density at radius 1 is 0.893 bits per heavy atom. The Hall–Kier alpha value is -2.66. The molecule has 1 aromatic heterocycles. The number of hydrogen-bond acceptors (Lipinski definition) is 5. The second-order valence-corrected chi connectivity index (χ2v) is 8.57. The molecule has 0 bridgehead atoms. The van der Waals surface area contributed by atoms with Crippen molar-refractivity contribution in [1.82, 2.24) is 0 Å². The Balaban J connectivity index is 1.76. The Morgan fingerprint density at radius 3 is 2.21 bits per heavy atom. The van der Waals surface area contributed by atoms with Crippen molar-refractivity contribution >= 4 is 33.4 Å². The van der Waals surface area contributed by atoms with E-state index in [1.165, 1.54) is 0 Å². The van der Waals surface area contributed by atoms with Crippen molar-refractivity contribution in [1.29, 1.82) is 0 Å². The van der Waals surface area contributed by atoms with Gasteiger partial charge in [-0.1, -0.05) is 27.7 Å². The smallest absolute Gasteiger partial charge is 0.313 e. The van der Waals surface area contributed by atoms with E-state index in [0.717, 1.165) is 20.5 Å². The van der Waals surface area contributed by atoms with Crippen molar-refractivity contribution in [2.45, 2.75) is 34.1 Å². The maximum atomic E-state index is 11.8. The molecule has 0 saturated heterocycles. The third-order valence-electron chi connectivity index (χ3n) is 4.13. The van der Waals surface area contributed by atoms with Crippen molar-refractivity contribution in [2.75, 3.05) is 0 Å². The van der Waals surface area contributed by atoms with Crippen LogP contribution in [-0.2, 0) is 9.59 Å². The number of hydrogen-bond donors (Lipinski definition) is 0.